The molecule has 0 aliphatic rings. The van der Waals surface area contributed by atoms with Gasteiger partial charge in [-0.1, -0.05) is 17.7 Å². The molecular formula is C10H9ClFN3. The molecule has 1 heterocycles. The number of nitrogens with two attached hydrogens (primary N) is 1. The van der Waals surface area contributed by atoms with Crippen molar-refractivity contribution >= 4 is 17.4 Å². The molecule has 0 saturated carbocycles. The smallest absolute Gasteiger partial charge is 0.142 e. The molecule has 0 bridgehead atoms. The van der Waals surface area contributed by atoms with E-state index in [1.165, 1.54) is 12.1 Å². The number of aromatic nitrogens is 2. The van der Waals surface area contributed by atoms with Crippen LogP contribution in [0.1, 0.15) is 5.56 Å². The molecule has 0 unspecified atom stereocenters. The molecule has 78 valence electrons. The molecule has 2 rings (SSSR count). The Morgan fingerprint density at radius 2 is 2.27 bits per heavy atom. The second kappa shape index (κ2) is 3.90. The fraction of sp³-hybridized carbons (Fsp3) is 0.100. The number of halogens is 2. The summed E-state index contributed by atoms with van der Waals surface area (Å²) in [5.41, 5.74) is 6.27. The topological polar surface area (TPSA) is 43.8 Å². The standard InChI is InChI=1S/C10H9ClFN3/c11-8-2-1-7(3-9(8)12)4-15-5-10(13)14-6-15/h1-3,5-6H,4,13H2. The third-order valence-electron chi connectivity index (χ3n) is 2.00. The highest BCUT2D eigenvalue weighted by atomic mass is 35.5. The zero-order valence-electron chi connectivity index (χ0n) is 7.82. The van der Waals surface area contributed by atoms with Crippen LogP contribution in [0.25, 0.3) is 0 Å². The Morgan fingerprint density at radius 3 is 2.87 bits per heavy atom. The number of benzene rings is 1. The first-order chi connectivity index (χ1) is 7.15. The van der Waals surface area contributed by atoms with Gasteiger partial charge >= 0.3 is 0 Å². The average Bonchev–Trinajstić information content (AvgIpc) is 2.58. The molecular weight excluding hydrogens is 217 g/mol. The molecule has 0 saturated heterocycles. The van der Waals surface area contributed by atoms with Crippen molar-refractivity contribution in [3.05, 3.63) is 47.1 Å². The molecule has 5 heteroatoms. The zero-order chi connectivity index (χ0) is 10.8. The van der Waals surface area contributed by atoms with Crippen LogP contribution >= 0.6 is 11.6 Å². The van der Waals surface area contributed by atoms with Crippen LogP contribution in [0.5, 0.6) is 0 Å². The van der Waals surface area contributed by atoms with Crippen molar-refractivity contribution in [2.75, 3.05) is 5.73 Å². The van der Waals surface area contributed by atoms with Crippen LogP contribution in [-0.2, 0) is 6.54 Å². The average molecular weight is 226 g/mol. The fourth-order valence-corrected chi connectivity index (χ4v) is 1.43. The van der Waals surface area contributed by atoms with E-state index in [1.807, 2.05) is 0 Å². The quantitative estimate of drug-likeness (QED) is 0.853. The van der Waals surface area contributed by atoms with Crippen LogP contribution < -0.4 is 5.73 Å². The summed E-state index contributed by atoms with van der Waals surface area (Å²) in [5.74, 6) is 0.0340. The minimum Gasteiger partial charge on any atom is -0.382 e. The number of imidazole rings is 1. The Labute approximate surface area is 91.3 Å². The van der Waals surface area contributed by atoms with Gasteiger partial charge in [-0.15, -0.1) is 0 Å². The van der Waals surface area contributed by atoms with E-state index in [1.54, 1.807) is 23.2 Å². The van der Waals surface area contributed by atoms with E-state index in [0.29, 0.717) is 12.4 Å². The van der Waals surface area contributed by atoms with E-state index in [0.717, 1.165) is 5.56 Å². The fourth-order valence-electron chi connectivity index (χ4n) is 1.31. The normalized spacial score (nSPS) is 10.5. The SMILES string of the molecule is Nc1cn(Cc2ccc(Cl)c(F)c2)cn1. The lowest BCUT2D eigenvalue weighted by Crippen LogP contribution is -1.97. The Morgan fingerprint density at radius 1 is 1.47 bits per heavy atom. The van der Waals surface area contributed by atoms with Gasteiger partial charge in [-0.3, -0.25) is 0 Å². The van der Waals surface area contributed by atoms with Crippen molar-refractivity contribution in [3.8, 4) is 0 Å². The first-order valence-corrected chi connectivity index (χ1v) is 4.74. The molecule has 1 aromatic carbocycles. The second-order valence-electron chi connectivity index (χ2n) is 3.22. The van der Waals surface area contributed by atoms with Crippen LogP contribution in [0.2, 0.25) is 5.02 Å². The molecule has 0 amide bonds. The third-order valence-corrected chi connectivity index (χ3v) is 2.31. The predicted molar refractivity (Wildman–Crippen MR) is 57.2 cm³/mol. The van der Waals surface area contributed by atoms with Gasteiger partial charge < -0.3 is 10.3 Å². The third kappa shape index (κ3) is 2.27. The molecule has 0 aliphatic carbocycles. The van der Waals surface area contributed by atoms with Crippen molar-refractivity contribution in [2.45, 2.75) is 6.54 Å². The van der Waals surface area contributed by atoms with Crippen molar-refractivity contribution in [1.82, 2.24) is 9.55 Å². The summed E-state index contributed by atoms with van der Waals surface area (Å²) in [4.78, 5) is 3.87. The van der Waals surface area contributed by atoms with E-state index >= 15 is 0 Å². The van der Waals surface area contributed by atoms with Crippen molar-refractivity contribution in [2.24, 2.45) is 0 Å². The molecule has 3 nitrogen and oxygen atoms in total. The van der Waals surface area contributed by atoms with E-state index in [4.69, 9.17) is 17.3 Å². The van der Waals surface area contributed by atoms with Crippen LogP contribution in [0.4, 0.5) is 10.2 Å². The first-order valence-electron chi connectivity index (χ1n) is 4.36. The van der Waals surface area contributed by atoms with Crippen LogP contribution in [0.15, 0.2) is 30.7 Å². The maximum Gasteiger partial charge on any atom is 0.142 e. The summed E-state index contributed by atoms with van der Waals surface area (Å²) in [6.45, 7) is 0.526. The van der Waals surface area contributed by atoms with Gasteiger partial charge in [0.1, 0.15) is 11.6 Å². The minimum absolute atomic E-state index is 0.129. The molecule has 2 aromatic rings. The molecule has 0 atom stereocenters. The zero-order valence-corrected chi connectivity index (χ0v) is 8.58. The van der Waals surface area contributed by atoms with Crippen LogP contribution in [0, 0.1) is 5.82 Å². The summed E-state index contributed by atoms with van der Waals surface area (Å²) in [7, 11) is 0. The Balaban J connectivity index is 2.21. The van der Waals surface area contributed by atoms with Gasteiger partial charge in [-0.2, -0.15) is 0 Å². The molecule has 0 radical (unpaired) electrons. The van der Waals surface area contributed by atoms with Crippen LogP contribution in [-0.4, -0.2) is 9.55 Å². The lowest BCUT2D eigenvalue weighted by atomic mass is 10.2. The molecule has 0 aliphatic heterocycles. The highest BCUT2D eigenvalue weighted by Crippen LogP contribution is 2.16. The molecule has 0 spiro atoms. The first kappa shape index (κ1) is 9.98. The Bertz CT molecular complexity index is 481. The maximum atomic E-state index is 13.1. The van der Waals surface area contributed by atoms with Crippen molar-refractivity contribution < 1.29 is 4.39 Å². The Hall–Kier alpha value is -1.55. The number of rotatable bonds is 2. The van der Waals surface area contributed by atoms with Crippen molar-refractivity contribution in [3.63, 3.8) is 0 Å². The summed E-state index contributed by atoms with van der Waals surface area (Å²) in [6, 6.07) is 4.70. The van der Waals surface area contributed by atoms with E-state index < -0.39 is 5.82 Å². The van der Waals surface area contributed by atoms with Gasteiger partial charge in [0, 0.05) is 12.7 Å². The number of hydrogen-bond acceptors (Lipinski definition) is 2. The molecule has 1 aromatic heterocycles. The van der Waals surface area contributed by atoms with Gasteiger partial charge in [0.2, 0.25) is 0 Å². The maximum absolute atomic E-state index is 13.1. The van der Waals surface area contributed by atoms with Gasteiger partial charge in [-0.05, 0) is 17.7 Å². The summed E-state index contributed by atoms with van der Waals surface area (Å²) in [6.07, 6.45) is 3.29. The van der Waals surface area contributed by atoms with E-state index in [9.17, 15) is 4.39 Å². The summed E-state index contributed by atoms with van der Waals surface area (Å²) < 4.78 is 14.9. The Kier molecular flexibility index (Phi) is 2.60. The highest BCUT2D eigenvalue weighted by Gasteiger charge is 2.02. The number of nitrogens with zero attached hydrogens (tertiary/aromatic N) is 2. The minimum atomic E-state index is -0.415. The van der Waals surface area contributed by atoms with Crippen molar-refractivity contribution in [1.29, 1.82) is 0 Å². The number of anilines is 1. The lowest BCUT2D eigenvalue weighted by Gasteiger charge is -2.03. The van der Waals surface area contributed by atoms with Gasteiger partial charge in [0.15, 0.2) is 0 Å². The summed E-state index contributed by atoms with van der Waals surface area (Å²) >= 11 is 5.57. The van der Waals surface area contributed by atoms with Gasteiger partial charge in [-0.25, -0.2) is 9.37 Å². The van der Waals surface area contributed by atoms with Gasteiger partial charge in [0.05, 0.1) is 11.3 Å². The largest absolute Gasteiger partial charge is 0.382 e. The molecule has 15 heavy (non-hydrogen) atoms. The van der Waals surface area contributed by atoms with Crippen LogP contribution in [0.3, 0.4) is 0 Å². The molecule has 0 fully saturated rings. The van der Waals surface area contributed by atoms with E-state index in [-0.39, 0.29) is 5.02 Å². The monoisotopic (exact) mass is 225 g/mol. The second-order valence-corrected chi connectivity index (χ2v) is 3.63. The predicted octanol–water partition coefficient (Wildman–Crippen LogP) is 2.31. The summed E-state index contributed by atoms with van der Waals surface area (Å²) in [5, 5.41) is 0.129. The number of nitrogen functional groups attached to an aromatic ring is 1. The van der Waals surface area contributed by atoms with Gasteiger partial charge in [0.25, 0.3) is 0 Å². The highest BCUT2D eigenvalue weighted by molar-refractivity contribution is 6.30. The molecule has 2 N–H and O–H groups in total. The number of hydrogen-bond donors (Lipinski definition) is 1. The lowest BCUT2D eigenvalue weighted by molar-refractivity contribution is 0.624. The van der Waals surface area contributed by atoms with E-state index in [2.05, 4.69) is 4.98 Å².